The number of rotatable bonds is 5. The lowest BCUT2D eigenvalue weighted by molar-refractivity contribution is 0.0950. The monoisotopic (exact) mass is 401 g/mol. The highest BCUT2D eigenvalue weighted by molar-refractivity contribution is 6.07. The molecule has 2 aromatic carbocycles. The SMILES string of the molecule is Cc1ccc(-c2cc(C(=O)NCCN3CCCCCC3)c3ccccc3n2)cc1C. The van der Waals surface area contributed by atoms with Gasteiger partial charge in [0.15, 0.2) is 0 Å². The molecule has 1 aliphatic rings. The predicted molar refractivity (Wildman–Crippen MR) is 124 cm³/mol. The molecule has 1 fully saturated rings. The van der Waals surface area contributed by atoms with Crippen LogP contribution in [-0.4, -0.2) is 42.0 Å². The zero-order chi connectivity index (χ0) is 20.9. The Kier molecular flexibility index (Phi) is 6.44. The van der Waals surface area contributed by atoms with Gasteiger partial charge in [-0.3, -0.25) is 4.79 Å². The smallest absolute Gasteiger partial charge is 0.252 e. The summed E-state index contributed by atoms with van der Waals surface area (Å²) < 4.78 is 0. The average Bonchev–Trinajstić information content (AvgIpc) is 3.03. The Hall–Kier alpha value is -2.72. The topological polar surface area (TPSA) is 45.2 Å². The molecule has 0 aliphatic carbocycles. The Balaban J connectivity index is 1.57. The molecule has 156 valence electrons. The van der Waals surface area contributed by atoms with Crippen molar-refractivity contribution in [2.45, 2.75) is 39.5 Å². The predicted octanol–water partition coefficient (Wildman–Crippen LogP) is 5.12. The molecule has 30 heavy (non-hydrogen) atoms. The second-order valence-electron chi connectivity index (χ2n) is 8.38. The quantitative estimate of drug-likeness (QED) is 0.645. The maximum Gasteiger partial charge on any atom is 0.252 e. The Morgan fingerprint density at radius 1 is 0.967 bits per heavy atom. The number of carbonyl (C=O) groups is 1. The molecule has 4 nitrogen and oxygen atoms in total. The van der Waals surface area contributed by atoms with Crippen molar-refractivity contribution in [3.63, 3.8) is 0 Å². The summed E-state index contributed by atoms with van der Waals surface area (Å²) in [6.07, 6.45) is 5.19. The summed E-state index contributed by atoms with van der Waals surface area (Å²) in [4.78, 5) is 20.4. The standard InChI is InChI=1S/C26H31N3O/c1-19-11-12-21(17-20(19)2)25-18-23(22-9-5-6-10-24(22)28-25)26(30)27-13-16-29-14-7-3-4-8-15-29/h5-6,9-12,17-18H,3-4,7-8,13-16H2,1-2H3,(H,27,30). The van der Waals surface area contributed by atoms with E-state index in [9.17, 15) is 4.79 Å². The third-order valence-electron chi connectivity index (χ3n) is 6.18. The van der Waals surface area contributed by atoms with Crippen molar-refractivity contribution in [3.8, 4) is 11.3 Å². The first-order valence-corrected chi connectivity index (χ1v) is 11.1. The summed E-state index contributed by atoms with van der Waals surface area (Å²) in [6, 6.07) is 16.2. The summed E-state index contributed by atoms with van der Waals surface area (Å²) in [5.41, 5.74) is 5.92. The fraction of sp³-hybridized carbons (Fsp3) is 0.385. The van der Waals surface area contributed by atoms with Crippen LogP contribution in [0, 0.1) is 13.8 Å². The molecule has 0 radical (unpaired) electrons. The van der Waals surface area contributed by atoms with Crippen molar-refractivity contribution in [2.24, 2.45) is 0 Å². The molecule has 2 heterocycles. The molecule has 4 rings (SSSR count). The second-order valence-corrected chi connectivity index (χ2v) is 8.38. The van der Waals surface area contributed by atoms with Gasteiger partial charge in [-0.2, -0.15) is 0 Å². The largest absolute Gasteiger partial charge is 0.351 e. The number of nitrogens with zero attached hydrogens (tertiary/aromatic N) is 2. The number of hydrogen-bond donors (Lipinski definition) is 1. The van der Waals surface area contributed by atoms with Crippen molar-refractivity contribution < 1.29 is 4.79 Å². The van der Waals surface area contributed by atoms with Crippen LogP contribution in [0.1, 0.15) is 47.2 Å². The van der Waals surface area contributed by atoms with Crippen molar-refractivity contribution in [1.82, 2.24) is 15.2 Å². The Morgan fingerprint density at radius 2 is 1.73 bits per heavy atom. The number of carbonyl (C=O) groups excluding carboxylic acids is 1. The molecular formula is C26H31N3O. The number of amides is 1. The lowest BCUT2D eigenvalue weighted by atomic mass is 10.0. The van der Waals surface area contributed by atoms with Gasteiger partial charge in [0, 0.05) is 24.0 Å². The van der Waals surface area contributed by atoms with E-state index in [1.54, 1.807) is 0 Å². The van der Waals surface area contributed by atoms with Crippen LogP contribution in [0.5, 0.6) is 0 Å². The number of pyridine rings is 1. The van der Waals surface area contributed by atoms with Crippen LogP contribution >= 0.6 is 0 Å². The van der Waals surface area contributed by atoms with E-state index in [1.807, 2.05) is 30.3 Å². The Morgan fingerprint density at radius 3 is 2.50 bits per heavy atom. The van der Waals surface area contributed by atoms with Gasteiger partial charge in [0.05, 0.1) is 16.8 Å². The number of hydrogen-bond acceptors (Lipinski definition) is 3. The molecular weight excluding hydrogens is 370 g/mol. The first kappa shape index (κ1) is 20.5. The van der Waals surface area contributed by atoms with Crippen LogP contribution < -0.4 is 5.32 Å². The maximum absolute atomic E-state index is 13.1. The number of nitrogens with one attached hydrogen (secondary N) is 1. The van der Waals surface area contributed by atoms with Crippen LogP contribution in [0.25, 0.3) is 22.2 Å². The van der Waals surface area contributed by atoms with Crippen LogP contribution in [0.2, 0.25) is 0 Å². The zero-order valence-corrected chi connectivity index (χ0v) is 18.1. The minimum absolute atomic E-state index is 0.0199. The van der Waals surface area contributed by atoms with E-state index in [0.29, 0.717) is 12.1 Å². The first-order chi connectivity index (χ1) is 14.6. The van der Waals surface area contributed by atoms with E-state index < -0.39 is 0 Å². The van der Waals surface area contributed by atoms with E-state index in [-0.39, 0.29) is 5.91 Å². The number of fused-ring (bicyclic) bond motifs is 1. The van der Waals surface area contributed by atoms with Crippen LogP contribution in [0.15, 0.2) is 48.5 Å². The number of aromatic nitrogens is 1. The third kappa shape index (κ3) is 4.71. The van der Waals surface area contributed by atoms with Gasteiger partial charge in [0.2, 0.25) is 0 Å². The highest BCUT2D eigenvalue weighted by Gasteiger charge is 2.15. The van der Waals surface area contributed by atoms with Gasteiger partial charge in [0.1, 0.15) is 0 Å². The van der Waals surface area contributed by atoms with E-state index in [2.05, 4.69) is 42.3 Å². The van der Waals surface area contributed by atoms with E-state index in [4.69, 9.17) is 4.98 Å². The number of aryl methyl sites for hydroxylation is 2. The summed E-state index contributed by atoms with van der Waals surface area (Å²) in [6.45, 7) is 8.09. The molecule has 0 atom stereocenters. The molecule has 1 amide bonds. The van der Waals surface area contributed by atoms with Gasteiger partial charge < -0.3 is 10.2 Å². The molecule has 3 aromatic rings. The van der Waals surface area contributed by atoms with E-state index >= 15 is 0 Å². The van der Waals surface area contributed by atoms with Gasteiger partial charge >= 0.3 is 0 Å². The molecule has 1 aliphatic heterocycles. The zero-order valence-electron chi connectivity index (χ0n) is 18.1. The van der Waals surface area contributed by atoms with Gasteiger partial charge in [-0.1, -0.05) is 43.2 Å². The molecule has 4 heteroatoms. The number of likely N-dealkylation sites (tertiary alicyclic amines) is 1. The first-order valence-electron chi connectivity index (χ1n) is 11.1. The molecule has 0 unspecified atom stereocenters. The minimum atomic E-state index is -0.0199. The van der Waals surface area contributed by atoms with Crippen molar-refractivity contribution >= 4 is 16.8 Å². The molecule has 1 saturated heterocycles. The van der Waals surface area contributed by atoms with Crippen molar-refractivity contribution in [1.29, 1.82) is 0 Å². The summed E-state index contributed by atoms with van der Waals surface area (Å²) >= 11 is 0. The fourth-order valence-corrected chi connectivity index (χ4v) is 4.19. The van der Waals surface area contributed by atoms with Crippen molar-refractivity contribution in [3.05, 3.63) is 65.2 Å². The number of para-hydroxylation sites is 1. The minimum Gasteiger partial charge on any atom is -0.351 e. The molecule has 0 saturated carbocycles. The third-order valence-corrected chi connectivity index (χ3v) is 6.18. The maximum atomic E-state index is 13.1. The Bertz CT molecular complexity index is 1040. The highest BCUT2D eigenvalue weighted by atomic mass is 16.1. The molecule has 1 aromatic heterocycles. The summed E-state index contributed by atoms with van der Waals surface area (Å²) in [5.74, 6) is -0.0199. The van der Waals surface area contributed by atoms with Crippen LogP contribution in [0.4, 0.5) is 0 Å². The lowest BCUT2D eigenvalue weighted by Crippen LogP contribution is -2.35. The van der Waals surface area contributed by atoms with Gasteiger partial charge in [0.25, 0.3) is 5.91 Å². The average molecular weight is 402 g/mol. The van der Waals surface area contributed by atoms with Crippen LogP contribution in [0.3, 0.4) is 0 Å². The molecule has 0 spiro atoms. The lowest BCUT2D eigenvalue weighted by Gasteiger charge is -2.20. The molecule has 1 N–H and O–H groups in total. The van der Waals surface area contributed by atoms with Gasteiger partial charge in [-0.05, 0) is 69.1 Å². The van der Waals surface area contributed by atoms with Gasteiger partial charge in [-0.25, -0.2) is 4.98 Å². The van der Waals surface area contributed by atoms with E-state index in [0.717, 1.165) is 41.8 Å². The fourth-order valence-electron chi connectivity index (χ4n) is 4.19. The highest BCUT2D eigenvalue weighted by Crippen LogP contribution is 2.26. The molecule has 0 bridgehead atoms. The summed E-state index contributed by atoms with van der Waals surface area (Å²) in [5, 5.41) is 4.05. The van der Waals surface area contributed by atoms with E-state index in [1.165, 1.54) is 36.8 Å². The second kappa shape index (κ2) is 9.40. The Labute approximate surface area is 179 Å². The van der Waals surface area contributed by atoms with Crippen LogP contribution in [-0.2, 0) is 0 Å². The summed E-state index contributed by atoms with van der Waals surface area (Å²) in [7, 11) is 0. The van der Waals surface area contributed by atoms with Crippen molar-refractivity contribution in [2.75, 3.05) is 26.2 Å². The van der Waals surface area contributed by atoms with Gasteiger partial charge in [-0.15, -0.1) is 0 Å². The number of benzene rings is 2. The normalized spacial score (nSPS) is 15.1.